The summed E-state index contributed by atoms with van der Waals surface area (Å²) in [6.45, 7) is 0. The number of primary sulfonamides is 1. The number of hydrogen-bond donors (Lipinski definition) is 3. The van der Waals surface area contributed by atoms with Gasteiger partial charge in [0, 0.05) is 57.7 Å². The van der Waals surface area contributed by atoms with Crippen LogP contribution in [0.2, 0.25) is 0 Å². The fourth-order valence-electron chi connectivity index (χ4n) is 4.63. The lowest BCUT2D eigenvalue weighted by Crippen LogP contribution is -2.70. The summed E-state index contributed by atoms with van der Waals surface area (Å²) in [7, 11) is -3.97. The number of nitrogens with two attached hydrogens (primary N) is 1. The van der Waals surface area contributed by atoms with Gasteiger partial charge in [0.25, 0.3) is 0 Å². The molecule has 2 aliphatic rings. The van der Waals surface area contributed by atoms with Gasteiger partial charge in [-0.1, -0.05) is 54.6 Å². The van der Waals surface area contributed by atoms with Gasteiger partial charge in [-0.2, -0.15) is 0 Å². The fraction of sp³-hybridized carbons (Fsp3) is 0. The van der Waals surface area contributed by atoms with Crippen LogP contribution in [-0.2, 0) is 10.0 Å². The zero-order valence-corrected chi connectivity index (χ0v) is 22.1. The van der Waals surface area contributed by atoms with Crippen LogP contribution in [0.15, 0.2) is 131 Å². The van der Waals surface area contributed by atoms with Crippen LogP contribution in [-0.4, -0.2) is 8.42 Å². The van der Waals surface area contributed by atoms with Crippen LogP contribution in [0.25, 0.3) is 33.4 Å². The Hall–Kier alpha value is -4.72. The number of anilines is 2. The van der Waals surface area contributed by atoms with E-state index in [0.717, 1.165) is 38.9 Å². The van der Waals surface area contributed by atoms with Gasteiger partial charge in [-0.15, -0.1) is 0 Å². The lowest BCUT2D eigenvalue weighted by molar-refractivity contribution is -0.402. The predicted octanol–water partition coefficient (Wildman–Crippen LogP) is 5.36. The Morgan fingerprint density at radius 2 is 1.38 bits per heavy atom. The van der Waals surface area contributed by atoms with Crippen molar-refractivity contribution in [2.24, 2.45) is 5.14 Å². The van der Waals surface area contributed by atoms with Gasteiger partial charge in [0.2, 0.25) is 21.1 Å². The van der Waals surface area contributed by atoms with E-state index in [4.69, 9.17) is 9.56 Å². The van der Waals surface area contributed by atoms with E-state index in [1.807, 2.05) is 103 Å². The zero-order chi connectivity index (χ0) is 26.1. The third-order valence-corrected chi connectivity index (χ3v) is 7.28. The van der Waals surface area contributed by atoms with Gasteiger partial charge in [0.15, 0.2) is 0 Å². The Labute approximate surface area is 227 Å². The molecule has 6 rings (SSSR count). The molecule has 7 heteroatoms. The molecule has 4 N–H and O–H groups in total. The average Bonchev–Trinajstić information content (AvgIpc) is 2.92. The van der Waals surface area contributed by atoms with Crippen LogP contribution in [0.1, 0.15) is 0 Å². The summed E-state index contributed by atoms with van der Waals surface area (Å²) in [5.41, 5.74) is 5.38. The van der Waals surface area contributed by atoms with Crippen LogP contribution in [0, 0.1) is 7.43 Å². The summed E-state index contributed by atoms with van der Waals surface area (Å²) in [5, 5.41) is 10.6. The smallest absolute Gasteiger partial charge is 0.238 e. The Morgan fingerprint density at radius 3 is 2.13 bits per heavy atom. The van der Waals surface area contributed by atoms with E-state index in [-0.39, 0.29) is 12.3 Å². The summed E-state index contributed by atoms with van der Waals surface area (Å²) in [6.07, 6.45) is 0. The number of nitrogens with one attached hydrogen (secondary N) is 2. The van der Waals surface area contributed by atoms with E-state index in [0.29, 0.717) is 16.9 Å². The molecule has 194 valence electrons. The lowest BCUT2D eigenvalue weighted by atomic mass is 9.93. The minimum Gasteiger partial charge on any atom is -0.456 e. The van der Waals surface area contributed by atoms with E-state index in [1.165, 1.54) is 6.07 Å². The predicted molar refractivity (Wildman–Crippen MR) is 156 cm³/mol. The molecule has 0 atom stereocenters. The van der Waals surface area contributed by atoms with Crippen molar-refractivity contribution >= 4 is 38.1 Å². The van der Waals surface area contributed by atoms with Crippen molar-refractivity contribution in [1.82, 2.24) is 0 Å². The molecule has 0 bridgehead atoms. The molecule has 4 aromatic rings. The maximum atomic E-state index is 12.5. The minimum absolute atomic E-state index is 0. The number of rotatable bonds is 5. The van der Waals surface area contributed by atoms with Gasteiger partial charge in [0.05, 0.1) is 11.0 Å². The molecule has 0 radical (unpaired) electrons. The maximum absolute atomic E-state index is 12.5. The van der Waals surface area contributed by atoms with Crippen LogP contribution in [0.5, 0.6) is 0 Å². The summed E-state index contributed by atoms with van der Waals surface area (Å²) >= 11 is 0. The van der Waals surface area contributed by atoms with Crippen LogP contribution < -0.4 is 20.8 Å². The van der Waals surface area contributed by atoms with E-state index in [2.05, 4.69) is 10.3 Å². The summed E-state index contributed by atoms with van der Waals surface area (Å²) in [5.74, 6) is 0.606. The third-order valence-electron chi connectivity index (χ3n) is 6.31. The highest BCUT2D eigenvalue weighted by atomic mass is 32.2. The molecular formula is C32H27N3O3S. The van der Waals surface area contributed by atoms with E-state index in [9.17, 15) is 8.42 Å². The molecule has 1 aliphatic heterocycles. The maximum Gasteiger partial charge on any atom is 0.238 e. The van der Waals surface area contributed by atoms with Crippen molar-refractivity contribution in [3.63, 3.8) is 0 Å². The molecule has 1 aliphatic carbocycles. The van der Waals surface area contributed by atoms with Crippen LogP contribution in [0.4, 0.5) is 17.1 Å². The standard InChI is InChI=1S/C31H23N3O3S.CH3/c32-38(35,36)30-14-8-7-13-27(30)31-25-17-15-23(33-21-9-3-1-4-10-21)19-28(25)37-29-20-24(16-18-26(29)31)34-22-11-5-2-6-12-22;/h1-20,33H,(H2,32,35,36);1H3/q;-1/p+1. The van der Waals surface area contributed by atoms with Gasteiger partial charge in [0.1, 0.15) is 11.3 Å². The second-order valence-electron chi connectivity index (χ2n) is 8.92. The number of fused-ring (bicyclic) bond motifs is 2. The molecule has 4 aromatic carbocycles. The normalized spacial score (nSPS) is 11.9. The second kappa shape index (κ2) is 10.6. The van der Waals surface area contributed by atoms with Gasteiger partial charge < -0.3 is 17.2 Å². The second-order valence-corrected chi connectivity index (χ2v) is 10.5. The molecule has 0 amide bonds. The van der Waals surface area contributed by atoms with E-state index >= 15 is 0 Å². The van der Waals surface area contributed by atoms with Gasteiger partial charge >= 0.3 is 0 Å². The number of hydrogen-bond acceptors (Lipinski definition) is 4. The van der Waals surface area contributed by atoms with Gasteiger partial charge in [-0.3, -0.25) is 0 Å². The van der Waals surface area contributed by atoms with Crippen molar-refractivity contribution < 1.29 is 17.8 Å². The SMILES string of the molecule is NS(=O)(=O)c1ccccc1-c1c2ccc(=[NH+]c3ccccc3)cc-2oc2cc(Nc3ccccc3)ccc12.[CH3-]. The number of benzene rings is 5. The lowest BCUT2D eigenvalue weighted by Gasteiger charge is -2.17. The van der Waals surface area contributed by atoms with E-state index in [1.54, 1.807) is 12.1 Å². The Kier molecular flexibility index (Phi) is 7.02. The quantitative estimate of drug-likeness (QED) is 0.205. The first-order chi connectivity index (χ1) is 18.5. The number of sulfonamides is 1. The number of para-hydroxylation sites is 2. The molecule has 0 aromatic heterocycles. The van der Waals surface area contributed by atoms with Crippen LogP contribution >= 0.6 is 0 Å². The van der Waals surface area contributed by atoms with Crippen molar-refractivity contribution in [3.8, 4) is 22.5 Å². The van der Waals surface area contributed by atoms with Crippen molar-refractivity contribution in [2.45, 2.75) is 4.90 Å². The Bertz CT molecular complexity index is 1920. The Balaban J connectivity index is 0.00000308. The highest BCUT2D eigenvalue weighted by Crippen LogP contribution is 2.42. The monoisotopic (exact) mass is 533 g/mol. The van der Waals surface area contributed by atoms with E-state index < -0.39 is 10.0 Å². The zero-order valence-electron chi connectivity index (χ0n) is 21.3. The molecule has 0 saturated heterocycles. The largest absolute Gasteiger partial charge is 0.456 e. The van der Waals surface area contributed by atoms with Gasteiger partial charge in [-0.05, 0) is 36.4 Å². The summed E-state index contributed by atoms with van der Waals surface area (Å²) in [4.78, 5) is 3.46. The van der Waals surface area contributed by atoms with Crippen molar-refractivity contribution in [3.05, 3.63) is 134 Å². The molecule has 0 fully saturated rings. The first kappa shape index (κ1) is 25.9. The van der Waals surface area contributed by atoms with Crippen molar-refractivity contribution in [2.75, 3.05) is 5.32 Å². The highest BCUT2D eigenvalue weighted by molar-refractivity contribution is 7.89. The van der Waals surface area contributed by atoms with Gasteiger partial charge in [-0.25, -0.2) is 18.5 Å². The molecular weight excluding hydrogens is 506 g/mol. The topological polar surface area (TPSA) is 99.3 Å². The molecule has 39 heavy (non-hydrogen) atoms. The summed E-state index contributed by atoms with van der Waals surface area (Å²) < 4.78 is 31.5. The minimum atomic E-state index is -3.97. The summed E-state index contributed by atoms with van der Waals surface area (Å²) in [6, 6.07) is 38.1. The molecule has 1 heterocycles. The average molecular weight is 534 g/mol. The molecule has 0 spiro atoms. The first-order valence-corrected chi connectivity index (χ1v) is 13.6. The molecule has 6 nitrogen and oxygen atoms in total. The fourth-order valence-corrected chi connectivity index (χ4v) is 5.38. The Morgan fingerprint density at radius 1 is 0.692 bits per heavy atom. The highest BCUT2D eigenvalue weighted by Gasteiger charge is 2.23. The van der Waals surface area contributed by atoms with Crippen molar-refractivity contribution in [1.29, 1.82) is 0 Å². The molecule has 0 saturated carbocycles. The first-order valence-electron chi connectivity index (χ1n) is 12.1. The third kappa shape index (κ3) is 5.31. The molecule has 0 unspecified atom stereocenters. The van der Waals surface area contributed by atoms with Crippen LogP contribution in [0.3, 0.4) is 0 Å².